The van der Waals surface area contributed by atoms with E-state index in [1.165, 1.54) is 0 Å². The first-order chi connectivity index (χ1) is 13.1. The first kappa shape index (κ1) is 18.5. The molecule has 138 valence electrons. The summed E-state index contributed by atoms with van der Waals surface area (Å²) in [5, 5.41) is 6.42. The van der Waals surface area contributed by atoms with Gasteiger partial charge in [-0.1, -0.05) is 42.5 Å². The quantitative estimate of drug-likeness (QED) is 0.534. The summed E-state index contributed by atoms with van der Waals surface area (Å²) in [5.74, 6) is 1.10. The van der Waals surface area contributed by atoms with Crippen LogP contribution in [0.1, 0.15) is 18.1 Å². The average molecular weight is 362 g/mol. The molecule has 0 radical (unpaired) electrons. The zero-order valence-corrected chi connectivity index (χ0v) is 15.7. The van der Waals surface area contributed by atoms with E-state index in [2.05, 4.69) is 10.5 Å². The van der Waals surface area contributed by atoms with Crippen LogP contribution >= 0.6 is 0 Å². The van der Waals surface area contributed by atoms with Crippen LogP contribution in [-0.4, -0.2) is 25.8 Å². The van der Waals surface area contributed by atoms with Gasteiger partial charge in [-0.25, -0.2) is 5.43 Å². The molecule has 5 nitrogen and oxygen atoms in total. The molecular weight excluding hydrogens is 340 g/mol. The molecule has 5 heteroatoms. The van der Waals surface area contributed by atoms with Gasteiger partial charge < -0.3 is 9.47 Å². The van der Waals surface area contributed by atoms with Crippen LogP contribution in [0, 0.1) is 0 Å². The number of nitrogens with one attached hydrogen (secondary N) is 1. The molecule has 0 spiro atoms. The van der Waals surface area contributed by atoms with Crippen LogP contribution in [0.15, 0.2) is 65.8 Å². The minimum atomic E-state index is -0.161. The number of amides is 1. The maximum atomic E-state index is 12.4. The summed E-state index contributed by atoms with van der Waals surface area (Å²) in [4.78, 5) is 12.4. The predicted molar refractivity (Wildman–Crippen MR) is 108 cm³/mol. The van der Waals surface area contributed by atoms with Crippen LogP contribution in [-0.2, 0) is 11.2 Å². The fourth-order valence-electron chi connectivity index (χ4n) is 2.93. The van der Waals surface area contributed by atoms with Crippen molar-refractivity contribution in [3.63, 3.8) is 0 Å². The standard InChI is InChI=1S/C22H22N2O3/c1-15(17-11-12-20(26-2)21(13-17)27-3)23-24-22(25)14-18-9-6-8-16-7-4-5-10-19(16)18/h4-13H,14H2,1-3H3,(H,24,25)/b23-15-. The zero-order chi connectivity index (χ0) is 19.2. The molecule has 1 amide bonds. The molecule has 0 unspecified atom stereocenters. The monoisotopic (exact) mass is 362 g/mol. The van der Waals surface area contributed by atoms with Crippen molar-refractivity contribution in [1.82, 2.24) is 5.43 Å². The second kappa shape index (κ2) is 8.36. The summed E-state index contributed by atoms with van der Waals surface area (Å²) in [7, 11) is 3.17. The van der Waals surface area contributed by atoms with Gasteiger partial charge in [-0.15, -0.1) is 0 Å². The minimum Gasteiger partial charge on any atom is -0.493 e. The van der Waals surface area contributed by atoms with Gasteiger partial charge in [-0.2, -0.15) is 5.10 Å². The van der Waals surface area contributed by atoms with Gasteiger partial charge in [0.2, 0.25) is 5.91 Å². The van der Waals surface area contributed by atoms with Gasteiger partial charge in [0, 0.05) is 5.56 Å². The normalized spacial score (nSPS) is 11.3. The first-order valence-corrected chi connectivity index (χ1v) is 8.64. The number of benzene rings is 3. The number of fused-ring (bicyclic) bond motifs is 1. The highest BCUT2D eigenvalue weighted by atomic mass is 16.5. The van der Waals surface area contributed by atoms with Crippen molar-refractivity contribution in [2.24, 2.45) is 5.10 Å². The Balaban J connectivity index is 1.72. The number of carbonyl (C=O) groups is 1. The Bertz CT molecular complexity index is 991. The highest BCUT2D eigenvalue weighted by Crippen LogP contribution is 2.27. The Labute approximate surface area is 158 Å². The summed E-state index contributed by atoms with van der Waals surface area (Å²) in [6.07, 6.45) is 0.268. The molecule has 3 aromatic carbocycles. The lowest BCUT2D eigenvalue weighted by molar-refractivity contribution is -0.120. The highest BCUT2D eigenvalue weighted by Gasteiger charge is 2.09. The van der Waals surface area contributed by atoms with Crippen molar-refractivity contribution < 1.29 is 14.3 Å². The fraction of sp³-hybridized carbons (Fsp3) is 0.182. The largest absolute Gasteiger partial charge is 0.493 e. The van der Waals surface area contributed by atoms with E-state index in [1.54, 1.807) is 14.2 Å². The number of methoxy groups -OCH3 is 2. The van der Waals surface area contributed by atoms with Crippen molar-refractivity contribution in [2.45, 2.75) is 13.3 Å². The number of hydrogen-bond donors (Lipinski definition) is 1. The molecule has 0 aromatic heterocycles. The van der Waals surface area contributed by atoms with Gasteiger partial charge in [0.15, 0.2) is 11.5 Å². The fourth-order valence-corrected chi connectivity index (χ4v) is 2.93. The highest BCUT2D eigenvalue weighted by molar-refractivity contribution is 6.00. The zero-order valence-electron chi connectivity index (χ0n) is 15.7. The van der Waals surface area contributed by atoms with Crippen LogP contribution in [0.4, 0.5) is 0 Å². The molecule has 27 heavy (non-hydrogen) atoms. The Morgan fingerprint density at radius 2 is 1.70 bits per heavy atom. The number of ether oxygens (including phenoxy) is 2. The Kier molecular flexibility index (Phi) is 5.71. The maximum absolute atomic E-state index is 12.4. The summed E-state index contributed by atoms with van der Waals surface area (Å²) in [5.41, 5.74) is 5.14. The molecule has 0 aliphatic heterocycles. The van der Waals surface area contributed by atoms with E-state index < -0.39 is 0 Å². The van der Waals surface area contributed by atoms with Gasteiger partial charge >= 0.3 is 0 Å². The SMILES string of the molecule is COc1ccc(/C(C)=N\NC(=O)Cc2cccc3ccccc23)cc1OC. The molecule has 1 N–H and O–H groups in total. The van der Waals surface area contributed by atoms with Crippen LogP contribution in [0.5, 0.6) is 11.5 Å². The molecular formula is C22H22N2O3. The molecule has 0 aliphatic rings. The number of nitrogens with zero attached hydrogens (tertiary/aromatic N) is 1. The third-order valence-corrected chi connectivity index (χ3v) is 4.38. The summed E-state index contributed by atoms with van der Waals surface area (Å²) < 4.78 is 10.5. The van der Waals surface area contributed by atoms with Crippen LogP contribution < -0.4 is 14.9 Å². The summed E-state index contributed by atoms with van der Waals surface area (Å²) >= 11 is 0. The third kappa shape index (κ3) is 4.26. The maximum Gasteiger partial charge on any atom is 0.244 e. The molecule has 0 atom stereocenters. The topological polar surface area (TPSA) is 59.9 Å². The number of hydrogen-bond acceptors (Lipinski definition) is 4. The van der Waals surface area contributed by atoms with Crippen molar-refractivity contribution in [3.8, 4) is 11.5 Å². The van der Waals surface area contributed by atoms with Gasteiger partial charge in [-0.05, 0) is 41.5 Å². The summed E-state index contributed by atoms with van der Waals surface area (Å²) in [6, 6.07) is 19.5. The van der Waals surface area contributed by atoms with E-state index in [-0.39, 0.29) is 12.3 Å². The van der Waals surface area contributed by atoms with Crippen LogP contribution in [0.2, 0.25) is 0 Å². The Hall–Kier alpha value is -3.34. The van der Waals surface area contributed by atoms with Crippen molar-refractivity contribution in [3.05, 3.63) is 71.8 Å². The average Bonchev–Trinajstić information content (AvgIpc) is 2.71. The van der Waals surface area contributed by atoms with E-state index in [9.17, 15) is 4.79 Å². The van der Waals surface area contributed by atoms with Crippen molar-refractivity contribution in [1.29, 1.82) is 0 Å². The van der Waals surface area contributed by atoms with Crippen LogP contribution in [0.25, 0.3) is 10.8 Å². The van der Waals surface area contributed by atoms with E-state index in [1.807, 2.05) is 67.6 Å². The third-order valence-electron chi connectivity index (χ3n) is 4.38. The number of carbonyl (C=O) groups excluding carboxylic acids is 1. The van der Waals surface area contributed by atoms with E-state index in [0.717, 1.165) is 21.9 Å². The van der Waals surface area contributed by atoms with Gasteiger partial charge in [-0.3, -0.25) is 4.79 Å². The molecule has 0 fully saturated rings. The minimum absolute atomic E-state index is 0.161. The molecule has 0 saturated heterocycles. The van der Waals surface area contributed by atoms with E-state index in [4.69, 9.17) is 9.47 Å². The second-order valence-corrected chi connectivity index (χ2v) is 6.12. The lowest BCUT2D eigenvalue weighted by Gasteiger charge is -2.10. The lowest BCUT2D eigenvalue weighted by atomic mass is 10.0. The molecule has 0 aliphatic carbocycles. The van der Waals surface area contributed by atoms with Crippen molar-refractivity contribution >= 4 is 22.4 Å². The lowest BCUT2D eigenvalue weighted by Crippen LogP contribution is -2.21. The Morgan fingerprint density at radius 3 is 2.48 bits per heavy atom. The van der Waals surface area contributed by atoms with E-state index in [0.29, 0.717) is 17.2 Å². The molecule has 0 saturated carbocycles. The van der Waals surface area contributed by atoms with Crippen LogP contribution in [0.3, 0.4) is 0 Å². The van der Waals surface area contributed by atoms with Gasteiger partial charge in [0.25, 0.3) is 0 Å². The van der Waals surface area contributed by atoms with Gasteiger partial charge in [0.1, 0.15) is 0 Å². The predicted octanol–water partition coefficient (Wildman–Crippen LogP) is 3.94. The van der Waals surface area contributed by atoms with E-state index >= 15 is 0 Å². The van der Waals surface area contributed by atoms with Gasteiger partial charge in [0.05, 0.1) is 26.4 Å². The molecule has 3 rings (SSSR count). The first-order valence-electron chi connectivity index (χ1n) is 8.64. The molecule has 0 bridgehead atoms. The summed E-state index contributed by atoms with van der Waals surface area (Å²) in [6.45, 7) is 1.83. The van der Waals surface area contributed by atoms with Crippen molar-refractivity contribution in [2.75, 3.05) is 14.2 Å². The molecule has 0 heterocycles. The second-order valence-electron chi connectivity index (χ2n) is 6.12. The Morgan fingerprint density at radius 1 is 0.963 bits per heavy atom. The number of rotatable bonds is 6. The smallest absolute Gasteiger partial charge is 0.244 e. The number of hydrazone groups is 1. The molecule has 3 aromatic rings.